The minimum absolute atomic E-state index is 0.595. The summed E-state index contributed by atoms with van der Waals surface area (Å²) in [6.45, 7) is 8.10. The summed E-state index contributed by atoms with van der Waals surface area (Å²) in [6.07, 6.45) is 5.19. The predicted octanol–water partition coefficient (Wildman–Crippen LogP) is 1.69. The van der Waals surface area contributed by atoms with Crippen molar-refractivity contribution in [3.63, 3.8) is 0 Å². The second-order valence-corrected chi connectivity index (χ2v) is 6.89. The second-order valence-electron chi connectivity index (χ2n) is 6.89. The van der Waals surface area contributed by atoms with Crippen LogP contribution in [-0.4, -0.2) is 60.9 Å². The lowest BCUT2D eigenvalue weighted by atomic mass is 9.97. The molecule has 2 aliphatic heterocycles. The van der Waals surface area contributed by atoms with Gasteiger partial charge in [-0.1, -0.05) is 0 Å². The highest BCUT2D eigenvalue weighted by molar-refractivity contribution is 5.37. The Labute approximate surface area is 134 Å². The van der Waals surface area contributed by atoms with E-state index in [1.54, 1.807) is 0 Å². The quantitative estimate of drug-likeness (QED) is 0.917. The van der Waals surface area contributed by atoms with Gasteiger partial charge in [0.05, 0.1) is 5.69 Å². The highest BCUT2D eigenvalue weighted by atomic mass is 15.3. The van der Waals surface area contributed by atoms with Crippen molar-refractivity contribution in [2.24, 2.45) is 5.92 Å². The molecule has 1 unspecified atom stereocenters. The maximum absolute atomic E-state index is 4.32. The molecule has 0 saturated carbocycles. The summed E-state index contributed by atoms with van der Waals surface area (Å²) in [5.41, 5.74) is 0.980. The van der Waals surface area contributed by atoms with Crippen LogP contribution in [0.4, 0.5) is 5.82 Å². The Morgan fingerprint density at radius 3 is 2.68 bits per heavy atom. The van der Waals surface area contributed by atoms with Gasteiger partial charge in [0.15, 0.2) is 5.82 Å². The Balaban J connectivity index is 1.47. The Morgan fingerprint density at radius 1 is 1.23 bits per heavy atom. The first-order valence-corrected chi connectivity index (χ1v) is 8.68. The summed E-state index contributed by atoms with van der Waals surface area (Å²) in [4.78, 5) is 4.97. The zero-order valence-corrected chi connectivity index (χ0v) is 14.0. The molecule has 0 aliphatic carbocycles. The summed E-state index contributed by atoms with van der Waals surface area (Å²) in [5.74, 6) is 1.85. The van der Waals surface area contributed by atoms with Crippen LogP contribution in [0.2, 0.25) is 0 Å². The second kappa shape index (κ2) is 7.38. The SMILES string of the molecule is Cc1ccc(N(C)C2CCN(CC3CCCNC3)CC2)nn1. The van der Waals surface area contributed by atoms with Crippen LogP contribution in [0.25, 0.3) is 0 Å². The number of likely N-dealkylation sites (tertiary alicyclic amines) is 1. The number of hydrogen-bond donors (Lipinski definition) is 1. The van der Waals surface area contributed by atoms with Crippen molar-refractivity contribution in [2.45, 2.75) is 38.6 Å². The standard InChI is InChI=1S/C17H29N5/c1-14-5-6-17(20-19-14)21(2)16-7-10-22(11-8-16)13-15-4-3-9-18-12-15/h5-6,15-16,18H,3-4,7-13H2,1-2H3. The summed E-state index contributed by atoms with van der Waals surface area (Å²) < 4.78 is 0. The molecule has 0 aromatic carbocycles. The zero-order chi connectivity index (χ0) is 15.4. The number of piperidine rings is 2. The fraction of sp³-hybridized carbons (Fsp3) is 0.765. The molecule has 3 heterocycles. The van der Waals surface area contributed by atoms with Crippen LogP contribution >= 0.6 is 0 Å². The minimum atomic E-state index is 0.595. The number of hydrogen-bond acceptors (Lipinski definition) is 5. The maximum Gasteiger partial charge on any atom is 0.151 e. The molecule has 2 fully saturated rings. The number of anilines is 1. The van der Waals surface area contributed by atoms with E-state index in [0.29, 0.717) is 6.04 Å². The lowest BCUT2D eigenvalue weighted by molar-refractivity contribution is 0.168. The van der Waals surface area contributed by atoms with Crippen LogP contribution < -0.4 is 10.2 Å². The van der Waals surface area contributed by atoms with Gasteiger partial charge in [-0.2, -0.15) is 5.10 Å². The van der Waals surface area contributed by atoms with Crippen molar-refractivity contribution in [3.05, 3.63) is 17.8 Å². The van der Waals surface area contributed by atoms with E-state index >= 15 is 0 Å². The maximum atomic E-state index is 4.32. The summed E-state index contributed by atoms with van der Waals surface area (Å²) in [7, 11) is 2.16. The lowest BCUT2D eigenvalue weighted by Crippen LogP contribution is -2.46. The van der Waals surface area contributed by atoms with Crippen LogP contribution in [0.3, 0.4) is 0 Å². The molecule has 1 atom stereocenters. The Hall–Kier alpha value is -1.20. The highest BCUT2D eigenvalue weighted by Gasteiger charge is 2.25. The van der Waals surface area contributed by atoms with Gasteiger partial charge in [0, 0.05) is 32.7 Å². The van der Waals surface area contributed by atoms with Gasteiger partial charge in [-0.25, -0.2) is 0 Å². The third kappa shape index (κ3) is 3.96. The Kier molecular flexibility index (Phi) is 5.26. The Morgan fingerprint density at radius 2 is 2.05 bits per heavy atom. The molecule has 0 spiro atoms. The predicted molar refractivity (Wildman–Crippen MR) is 90.2 cm³/mol. The van der Waals surface area contributed by atoms with Gasteiger partial charge in [0.1, 0.15) is 0 Å². The van der Waals surface area contributed by atoms with E-state index in [2.05, 4.69) is 38.4 Å². The van der Waals surface area contributed by atoms with Crippen LogP contribution in [0, 0.1) is 12.8 Å². The van der Waals surface area contributed by atoms with E-state index in [9.17, 15) is 0 Å². The van der Waals surface area contributed by atoms with E-state index in [0.717, 1.165) is 17.4 Å². The normalized spacial score (nSPS) is 24.4. The van der Waals surface area contributed by atoms with Gasteiger partial charge in [0.25, 0.3) is 0 Å². The topological polar surface area (TPSA) is 44.3 Å². The number of aromatic nitrogens is 2. The highest BCUT2D eigenvalue weighted by Crippen LogP contribution is 2.21. The molecule has 1 N–H and O–H groups in total. The number of aryl methyl sites for hydroxylation is 1. The van der Waals surface area contributed by atoms with E-state index < -0.39 is 0 Å². The van der Waals surface area contributed by atoms with Gasteiger partial charge in [-0.15, -0.1) is 5.10 Å². The molecular weight excluding hydrogens is 274 g/mol. The van der Waals surface area contributed by atoms with Crippen molar-refractivity contribution in [1.29, 1.82) is 0 Å². The van der Waals surface area contributed by atoms with Crippen molar-refractivity contribution >= 4 is 5.82 Å². The minimum Gasteiger partial charge on any atom is -0.355 e. The third-order valence-corrected chi connectivity index (χ3v) is 5.17. The third-order valence-electron chi connectivity index (χ3n) is 5.17. The molecule has 1 aromatic heterocycles. The summed E-state index contributed by atoms with van der Waals surface area (Å²) in [6, 6.07) is 4.73. The monoisotopic (exact) mass is 303 g/mol. The van der Waals surface area contributed by atoms with Gasteiger partial charge in [0.2, 0.25) is 0 Å². The van der Waals surface area contributed by atoms with Crippen molar-refractivity contribution in [1.82, 2.24) is 20.4 Å². The Bertz CT molecular complexity index is 447. The molecule has 0 bridgehead atoms. The number of nitrogens with zero attached hydrogens (tertiary/aromatic N) is 4. The smallest absolute Gasteiger partial charge is 0.151 e. The van der Waals surface area contributed by atoms with Gasteiger partial charge in [-0.3, -0.25) is 0 Å². The van der Waals surface area contributed by atoms with Gasteiger partial charge < -0.3 is 15.1 Å². The van der Waals surface area contributed by atoms with Crippen molar-refractivity contribution < 1.29 is 0 Å². The summed E-state index contributed by atoms with van der Waals surface area (Å²) in [5, 5.41) is 12.0. The molecule has 1 aromatic rings. The lowest BCUT2D eigenvalue weighted by Gasteiger charge is -2.39. The van der Waals surface area contributed by atoms with Crippen LogP contribution in [0.5, 0.6) is 0 Å². The first kappa shape index (κ1) is 15.7. The van der Waals surface area contributed by atoms with Crippen LogP contribution in [-0.2, 0) is 0 Å². The summed E-state index contributed by atoms with van der Waals surface area (Å²) >= 11 is 0. The fourth-order valence-corrected chi connectivity index (χ4v) is 3.70. The molecule has 0 radical (unpaired) electrons. The average molecular weight is 303 g/mol. The molecule has 122 valence electrons. The van der Waals surface area contributed by atoms with Crippen LogP contribution in [0.15, 0.2) is 12.1 Å². The molecule has 3 rings (SSSR count). The van der Waals surface area contributed by atoms with Gasteiger partial charge >= 0.3 is 0 Å². The number of rotatable bonds is 4. The van der Waals surface area contributed by atoms with E-state index in [-0.39, 0.29) is 0 Å². The molecule has 22 heavy (non-hydrogen) atoms. The molecule has 2 aliphatic rings. The molecule has 2 saturated heterocycles. The van der Waals surface area contributed by atoms with Crippen molar-refractivity contribution in [3.8, 4) is 0 Å². The van der Waals surface area contributed by atoms with Crippen LogP contribution in [0.1, 0.15) is 31.4 Å². The zero-order valence-electron chi connectivity index (χ0n) is 14.0. The van der Waals surface area contributed by atoms with E-state index in [1.807, 2.05) is 13.0 Å². The molecular formula is C17H29N5. The molecule has 5 heteroatoms. The van der Waals surface area contributed by atoms with Gasteiger partial charge in [-0.05, 0) is 63.7 Å². The fourth-order valence-electron chi connectivity index (χ4n) is 3.70. The average Bonchev–Trinajstić information content (AvgIpc) is 2.57. The first-order valence-electron chi connectivity index (χ1n) is 8.68. The van der Waals surface area contributed by atoms with E-state index in [1.165, 1.54) is 58.4 Å². The molecule has 0 amide bonds. The van der Waals surface area contributed by atoms with E-state index in [4.69, 9.17) is 0 Å². The molecule has 5 nitrogen and oxygen atoms in total. The largest absolute Gasteiger partial charge is 0.355 e. The first-order chi connectivity index (χ1) is 10.7. The van der Waals surface area contributed by atoms with Crippen molar-refractivity contribution in [2.75, 3.05) is 44.7 Å². The number of nitrogens with one attached hydrogen (secondary N) is 1.